The zero-order valence-corrected chi connectivity index (χ0v) is 9.66. The number of carbonyl (C=O) groups excluding carboxylic acids is 4. The van der Waals surface area contributed by atoms with Crippen LogP contribution in [0.5, 0.6) is 0 Å². The molecule has 0 saturated carbocycles. The van der Waals surface area contributed by atoms with Gasteiger partial charge in [-0.3, -0.25) is 0 Å². The van der Waals surface area contributed by atoms with Crippen LogP contribution in [0.1, 0.15) is 25.7 Å². The highest BCUT2D eigenvalue weighted by molar-refractivity contribution is 6.11. The van der Waals surface area contributed by atoms with Crippen molar-refractivity contribution >= 4 is 24.2 Å². The van der Waals surface area contributed by atoms with E-state index in [2.05, 4.69) is 15.6 Å². The smallest absolute Gasteiger partial charge is 0.245 e. The van der Waals surface area contributed by atoms with E-state index in [-0.39, 0.29) is 6.54 Å². The largest absolute Gasteiger partial charge is 0.376 e. The zero-order chi connectivity index (χ0) is 13.4. The number of nitrogens with zero attached hydrogens (tertiary/aromatic N) is 4. The van der Waals surface area contributed by atoms with E-state index in [0.29, 0.717) is 13.0 Å². The maximum absolute atomic E-state index is 11.2. The van der Waals surface area contributed by atoms with Gasteiger partial charge in [-0.2, -0.15) is 0 Å². The number of isocyanates is 1. The number of amides is 6. The first-order valence-electron chi connectivity index (χ1n) is 5.51. The van der Waals surface area contributed by atoms with E-state index in [4.69, 9.17) is 0 Å². The summed E-state index contributed by atoms with van der Waals surface area (Å²) in [5.41, 5.74) is 0. The quantitative estimate of drug-likeness (QED) is 0.378. The summed E-state index contributed by atoms with van der Waals surface area (Å²) in [5, 5.41) is 6.11. The highest BCUT2D eigenvalue weighted by Crippen LogP contribution is 2.05. The molecule has 1 saturated heterocycles. The van der Waals surface area contributed by atoms with Crippen LogP contribution in [0.25, 0.3) is 0 Å². The van der Waals surface area contributed by atoms with E-state index in [0.717, 1.165) is 24.2 Å². The van der Waals surface area contributed by atoms with Gasteiger partial charge >= 0.3 is 18.1 Å². The number of aliphatic imine (C=N–C) groups is 1. The van der Waals surface area contributed by atoms with E-state index in [1.165, 1.54) is 6.08 Å². The van der Waals surface area contributed by atoms with Crippen LogP contribution in [-0.2, 0) is 4.79 Å². The van der Waals surface area contributed by atoms with Gasteiger partial charge in [0.1, 0.15) is 0 Å². The number of hydrogen-bond acceptors (Lipinski definition) is 5. The Hall–Kier alpha value is -2.21. The topological polar surface area (TPSA) is 112 Å². The maximum Gasteiger partial charge on any atom is 0.376 e. The molecule has 1 aliphatic heterocycles. The van der Waals surface area contributed by atoms with E-state index in [9.17, 15) is 19.2 Å². The predicted molar refractivity (Wildman–Crippen MR) is 58.6 cm³/mol. The molecule has 18 heavy (non-hydrogen) atoms. The summed E-state index contributed by atoms with van der Waals surface area (Å²) in [6.07, 6.45) is 4.40. The average Bonchev–Trinajstić information content (AvgIpc) is 2.30. The fourth-order valence-electron chi connectivity index (χ4n) is 1.44. The Kier molecular flexibility index (Phi) is 5.53. The molecule has 0 atom stereocenters. The summed E-state index contributed by atoms with van der Waals surface area (Å²) in [7, 11) is 0. The standard InChI is InChI=1S/C10H12N4O4/c15-7-11-5-3-1-2-4-6-14-9(17)12-8(16)13-10(14)18/h1-6H2. The Bertz CT molecular complexity index is 369. The Morgan fingerprint density at radius 1 is 1.00 bits per heavy atom. The predicted octanol–water partition coefficient (Wildman–Crippen LogP) is 0.767. The van der Waals surface area contributed by atoms with Crippen LogP contribution in [-0.4, -0.2) is 42.2 Å². The van der Waals surface area contributed by atoms with Crippen molar-refractivity contribution in [1.29, 1.82) is 0 Å². The number of unbranched alkanes of at least 4 members (excludes halogenated alkanes) is 3. The van der Waals surface area contributed by atoms with Crippen LogP contribution in [0, 0.1) is 0 Å². The zero-order valence-electron chi connectivity index (χ0n) is 9.66. The second kappa shape index (κ2) is 7.18. The summed E-state index contributed by atoms with van der Waals surface area (Å²) in [5.74, 6) is 0. The summed E-state index contributed by atoms with van der Waals surface area (Å²) in [6, 6.07) is -2.76. The molecule has 1 aliphatic rings. The lowest BCUT2D eigenvalue weighted by molar-refractivity contribution is 0.172. The first kappa shape index (κ1) is 13.9. The molecule has 0 aliphatic carbocycles. The molecular weight excluding hydrogens is 240 g/mol. The van der Waals surface area contributed by atoms with Crippen molar-refractivity contribution < 1.29 is 19.2 Å². The SMILES string of the molecule is O=C=NCCCCCCN1C(=O)[N]C(=O)[N]C1=O. The summed E-state index contributed by atoms with van der Waals surface area (Å²) in [6.45, 7) is 0.624. The fraction of sp³-hybridized carbons (Fsp3) is 0.600. The first-order chi connectivity index (χ1) is 8.65. The second-order valence-electron chi connectivity index (χ2n) is 3.61. The number of imide groups is 3. The molecule has 0 N–H and O–H groups in total. The highest BCUT2D eigenvalue weighted by Gasteiger charge is 2.33. The summed E-state index contributed by atoms with van der Waals surface area (Å²) >= 11 is 0. The van der Waals surface area contributed by atoms with Gasteiger partial charge < -0.3 is 0 Å². The molecule has 1 rings (SSSR count). The molecule has 0 aromatic carbocycles. The van der Waals surface area contributed by atoms with Crippen LogP contribution in [0.15, 0.2) is 4.99 Å². The van der Waals surface area contributed by atoms with Crippen molar-refractivity contribution in [3.63, 3.8) is 0 Å². The van der Waals surface area contributed by atoms with Crippen LogP contribution >= 0.6 is 0 Å². The highest BCUT2D eigenvalue weighted by atomic mass is 16.2. The molecule has 96 valence electrons. The van der Waals surface area contributed by atoms with Crippen molar-refractivity contribution in [3.05, 3.63) is 0 Å². The van der Waals surface area contributed by atoms with Gasteiger partial charge in [0, 0.05) is 6.54 Å². The molecular formula is C10H12N4O4. The van der Waals surface area contributed by atoms with Crippen molar-refractivity contribution in [2.75, 3.05) is 13.1 Å². The van der Waals surface area contributed by atoms with Gasteiger partial charge in [0.15, 0.2) is 0 Å². The Labute approximate surface area is 103 Å². The minimum Gasteiger partial charge on any atom is -0.245 e. The van der Waals surface area contributed by atoms with E-state index < -0.39 is 18.1 Å². The van der Waals surface area contributed by atoms with Gasteiger partial charge in [0.2, 0.25) is 6.08 Å². The van der Waals surface area contributed by atoms with Gasteiger partial charge in [0.05, 0.1) is 6.54 Å². The Morgan fingerprint density at radius 3 is 2.22 bits per heavy atom. The van der Waals surface area contributed by atoms with Gasteiger partial charge in [-0.05, 0) is 12.8 Å². The van der Waals surface area contributed by atoms with Crippen molar-refractivity contribution in [3.8, 4) is 0 Å². The van der Waals surface area contributed by atoms with E-state index in [1.54, 1.807) is 0 Å². The molecule has 1 fully saturated rings. The third-order valence-corrected chi connectivity index (χ3v) is 2.31. The minimum atomic E-state index is -1.05. The molecule has 6 amide bonds. The molecule has 0 aromatic heterocycles. The van der Waals surface area contributed by atoms with Crippen LogP contribution in [0.2, 0.25) is 0 Å². The fourth-order valence-corrected chi connectivity index (χ4v) is 1.44. The molecule has 1 heterocycles. The minimum absolute atomic E-state index is 0.189. The van der Waals surface area contributed by atoms with E-state index >= 15 is 0 Å². The van der Waals surface area contributed by atoms with Crippen molar-refractivity contribution in [2.24, 2.45) is 4.99 Å². The van der Waals surface area contributed by atoms with Crippen molar-refractivity contribution in [2.45, 2.75) is 25.7 Å². The second-order valence-corrected chi connectivity index (χ2v) is 3.61. The molecule has 0 bridgehead atoms. The third-order valence-electron chi connectivity index (χ3n) is 2.31. The van der Waals surface area contributed by atoms with Gasteiger partial charge in [-0.25, -0.2) is 29.1 Å². The van der Waals surface area contributed by atoms with E-state index in [1.807, 2.05) is 0 Å². The Morgan fingerprint density at radius 2 is 1.61 bits per heavy atom. The lowest BCUT2D eigenvalue weighted by Gasteiger charge is -2.21. The van der Waals surface area contributed by atoms with Crippen LogP contribution in [0.4, 0.5) is 14.4 Å². The van der Waals surface area contributed by atoms with Gasteiger partial charge in [0.25, 0.3) is 0 Å². The number of hydrogen-bond donors (Lipinski definition) is 0. The first-order valence-corrected chi connectivity index (χ1v) is 5.51. The molecule has 0 aromatic rings. The molecule has 8 nitrogen and oxygen atoms in total. The summed E-state index contributed by atoms with van der Waals surface area (Å²) in [4.78, 5) is 47.1. The number of carbonyl (C=O) groups is 3. The lowest BCUT2D eigenvalue weighted by atomic mass is 10.2. The van der Waals surface area contributed by atoms with Crippen molar-refractivity contribution in [1.82, 2.24) is 15.5 Å². The normalized spacial score (nSPS) is 14.9. The Balaban J connectivity index is 2.18. The molecule has 0 spiro atoms. The van der Waals surface area contributed by atoms with Crippen LogP contribution < -0.4 is 10.6 Å². The molecule has 2 radical (unpaired) electrons. The number of rotatable bonds is 7. The number of urea groups is 3. The summed E-state index contributed by atoms with van der Waals surface area (Å²) < 4.78 is 0. The van der Waals surface area contributed by atoms with Crippen LogP contribution in [0.3, 0.4) is 0 Å². The third kappa shape index (κ3) is 4.34. The molecule has 0 unspecified atom stereocenters. The monoisotopic (exact) mass is 252 g/mol. The van der Waals surface area contributed by atoms with Gasteiger partial charge in [-0.15, -0.1) is 10.6 Å². The maximum atomic E-state index is 11.2. The average molecular weight is 252 g/mol. The van der Waals surface area contributed by atoms with Gasteiger partial charge in [-0.1, -0.05) is 12.8 Å². The molecule has 8 heteroatoms. The lowest BCUT2D eigenvalue weighted by Crippen LogP contribution is -2.54.